The third-order valence-electron chi connectivity index (χ3n) is 4.62. The van der Waals surface area contributed by atoms with E-state index in [9.17, 15) is 17.6 Å². The minimum atomic E-state index is -3.95. The molecule has 1 N–H and O–H groups in total. The smallest absolute Gasteiger partial charge is 0.293 e. The van der Waals surface area contributed by atoms with Crippen LogP contribution in [0.3, 0.4) is 0 Å². The van der Waals surface area contributed by atoms with Crippen molar-refractivity contribution < 1.29 is 17.6 Å². The highest BCUT2D eigenvalue weighted by Gasteiger charge is 2.38. The lowest BCUT2D eigenvalue weighted by Gasteiger charge is -2.22. The van der Waals surface area contributed by atoms with Gasteiger partial charge in [-0.15, -0.1) is 10.2 Å². The maximum atomic E-state index is 13.8. The number of hydrogen-bond acceptors (Lipinski definition) is 6. The first-order chi connectivity index (χ1) is 13.8. The van der Waals surface area contributed by atoms with Crippen LogP contribution in [-0.2, 0) is 16.4 Å². The van der Waals surface area contributed by atoms with Crippen LogP contribution in [0, 0.1) is 12.7 Å². The van der Waals surface area contributed by atoms with Crippen LogP contribution in [-0.4, -0.2) is 30.6 Å². The fourth-order valence-corrected chi connectivity index (χ4v) is 5.98. The second-order valence-electron chi connectivity index (χ2n) is 6.79. The zero-order chi connectivity index (χ0) is 20.8. The number of benzene rings is 2. The van der Waals surface area contributed by atoms with Gasteiger partial charge in [0, 0.05) is 6.04 Å². The van der Waals surface area contributed by atoms with Crippen molar-refractivity contribution >= 4 is 38.1 Å². The number of carbonyl (C=O) groups excluding carboxylic acids is 1. The van der Waals surface area contributed by atoms with Crippen molar-refractivity contribution in [1.82, 2.24) is 10.2 Å². The minimum Gasteiger partial charge on any atom is -0.296 e. The molecule has 0 bridgehead atoms. The molecule has 1 aliphatic heterocycles. The summed E-state index contributed by atoms with van der Waals surface area (Å²) in [5.41, 5.74) is 2.37. The molecule has 0 fully saturated rings. The average Bonchev–Trinajstić information content (AvgIpc) is 3.26. The summed E-state index contributed by atoms with van der Waals surface area (Å²) >= 11 is 0.730. The molecule has 4 rings (SSSR count). The van der Waals surface area contributed by atoms with Gasteiger partial charge in [-0.05, 0) is 49.6 Å². The maximum absolute atomic E-state index is 13.8. The standard InChI is InChI=1S/C19H17FN4O3S2/c1-11-7-8-13-10-12(2)24(16(13)9-11)29(26,27)19-23-22-18(28-19)21-17(25)14-5-3-4-6-15(14)20/h3-9,12H,10H2,1-2H3,(H,21,22,25). The Bertz CT molecular complexity index is 1210. The third-order valence-corrected chi connectivity index (χ3v) is 7.73. The van der Waals surface area contributed by atoms with Crippen molar-refractivity contribution in [3.8, 4) is 0 Å². The largest absolute Gasteiger partial charge is 0.296 e. The predicted octanol–water partition coefficient (Wildman–Crippen LogP) is 3.38. The number of aromatic nitrogens is 2. The first-order valence-corrected chi connectivity index (χ1v) is 11.1. The molecule has 1 atom stereocenters. The predicted molar refractivity (Wildman–Crippen MR) is 108 cm³/mol. The number of carbonyl (C=O) groups is 1. The van der Waals surface area contributed by atoms with E-state index in [-0.39, 0.29) is 21.1 Å². The summed E-state index contributed by atoms with van der Waals surface area (Å²) in [6, 6.07) is 10.9. The first-order valence-electron chi connectivity index (χ1n) is 8.80. The summed E-state index contributed by atoms with van der Waals surface area (Å²) in [6.07, 6.45) is 0.602. The van der Waals surface area contributed by atoms with Gasteiger partial charge >= 0.3 is 0 Å². The number of halogens is 1. The average molecular weight is 433 g/mol. The van der Waals surface area contributed by atoms with E-state index in [0.717, 1.165) is 22.5 Å². The molecule has 7 nitrogen and oxygen atoms in total. The first kappa shape index (κ1) is 19.5. The van der Waals surface area contributed by atoms with Gasteiger partial charge in [-0.2, -0.15) is 8.42 Å². The van der Waals surface area contributed by atoms with E-state index in [2.05, 4.69) is 15.5 Å². The molecule has 0 saturated carbocycles. The van der Waals surface area contributed by atoms with E-state index < -0.39 is 21.7 Å². The number of rotatable bonds is 4. The molecule has 2 aromatic carbocycles. The molecule has 1 amide bonds. The van der Waals surface area contributed by atoms with E-state index >= 15 is 0 Å². The van der Waals surface area contributed by atoms with Crippen LogP contribution in [0.5, 0.6) is 0 Å². The zero-order valence-electron chi connectivity index (χ0n) is 15.6. The summed E-state index contributed by atoms with van der Waals surface area (Å²) in [5.74, 6) is -1.40. The zero-order valence-corrected chi connectivity index (χ0v) is 17.2. The lowest BCUT2D eigenvalue weighted by molar-refractivity contribution is 0.102. The second kappa shape index (κ2) is 7.20. The molecule has 1 aliphatic rings. The molecular weight excluding hydrogens is 415 g/mol. The van der Waals surface area contributed by atoms with Crippen LogP contribution in [0.2, 0.25) is 0 Å². The van der Waals surface area contributed by atoms with E-state index in [0.29, 0.717) is 12.1 Å². The van der Waals surface area contributed by atoms with Crippen molar-refractivity contribution in [2.24, 2.45) is 0 Å². The number of nitrogens with zero attached hydrogens (tertiary/aromatic N) is 3. The van der Waals surface area contributed by atoms with Crippen LogP contribution in [0.1, 0.15) is 28.4 Å². The molecule has 10 heteroatoms. The Balaban J connectivity index is 1.62. The maximum Gasteiger partial charge on any atom is 0.293 e. The number of hydrogen-bond donors (Lipinski definition) is 1. The Morgan fingerprint density at radius 2 is 2.00 bits per heavy atom. The quantitative estimate of drug-likeness (QED) is 0.638. The van der Waals surface area contributed by atoms with Gasteiger partial charge < -0.3 is 0 Å². The SMILES string of the molecule is Cc1ccc2c(c1)N(S(=O)(=O)c1nnc(NC(=O)c3ccccc3F)s1)C(C)C2. The summed E-state index contributed by atoms with van der Waals surface area (Å²) in [5, 5.41) is 9.90. The molecule has 1 aromatic heterocycles. The van der Waals surface area contributed by atoms with E-state index in [1.807, 2.05) is 32.0 Å². The Morgan fingerprint density at radius 3 is 2.76 bits per heavy atom. The van der Waals surface area contributed by atoms with Crippen LogP contribution in [0.15, 0.2) is 46.8 Å². The molecular formula is C19H17FN4O3S2. The molecule has 2 heterocycles. The Hall–Kier alpha value is -2.85. The summed E-state index contributed by atoms with van der Waals surface area (Å²) < 4.78 is 41.3. The summed E-state index contributed by atoms with van der Waals surface area (Å²) in [7, 11) is -3.95. The van der Waals surface area contributed by atoms with Crippen LogP contribution in [0.4, 0.5) is 15.2 Å². The van der Waals surface area contributed by atoms with Crippen LogP contribution in [0.25, 0.3) is 0 Å². The normalized spacial score (nSPS) is 16.0. The molecule has 0 aliphatic carbocycles. The molecule has 29 heavy (non-hydrogen) atoms. The molecule has 1 unspecified atom stereocenters. The number of anilines is 2. The lowest BCUT2D eigenvalue weighted by atomic mass is 10.1. The third kappa shape index (κ3) is 3.49. The highest BCUT2D eigenvalue weighted by atomic mass is 32.2. The molecule has 0 spiro atoms. The van der Waals surface area contributed by atoms with Gasteiger partial charge in [0.1, 0.15) is 5.82 Å². The number of sulfonamides is 1. The molecule has 0 radical (unpaired) electrons. The van der Waals surface area contributed by atoms with Crippen LogP contribution >= 0.6 is 11.3 Å². The lowest BCUT2D eigenvalue weighted by Crippen LogP contribution is -2.35. The fraction of sp³-hybridized carbons (Fsp3) is 0.211. The Morgan fingerprint density at radius 1 is 1.24 bits per heavy atom. The van der Waals surface area contributed by atoms with Gasteiger partial charge in [0.25, 0.3) is 20.3 Å². The Kier molecular flexibility index (Phi) is 4.83. The highest BCUT2D eigenvalue weighted by molar-refractivity contribution is 7.94. The minimum absolute atomic E-state index is 0.0202. The number of aryl methyl sites for hydroxylation is 1. The summed E-state index contributed by atoms with van der Waals surface area (Å²) in [4.78, 5) is 12.2. The monoisotopic (exact) mass is 432 g/mol. The van der Waals surface area contributed by atoms with Gasteiger partial charge in [-0.25, -0.2) is 4.39 Å². The van der Waals surface area contributed by atoms with Crippen molar-refractivity contribution in [3.63, 3.8) is 0 Å². The van der Waals surface area contributed by atoms with Gasteiger partial charge in [0.2, 0.25) is 5.13 Å². The number of fused-ring (bicyclic) bond motifs is 1. The van der Waals surface area contributed by atoms with E-state index in [1.54, 1.807) is 0 Å². The fourth-order valence-electron chi connectivity index (χ4n) is 3.32. The number of amides is 1. The van der Waals surface area contributed by atoms with Gasteiger partial charge in [0.15, 0.2) is 0 Å². The molecule has 150 valence electrons. The van der Waals surface area contributed by atoms with Crippen molar-refractivity contribution in [2.45, 2.75) is 30.6 Å². The topological polar surface area (TPSA) is 92.3 Å². The van der Waals surface area contributed by atoms with Crippen molar-refractivity contribution in [2.75, 3.05) is 9.62 Å². The highest BCUT2D eigenvalue weighted by Crippen LogP contribution is 2.38. The second-order valence-corrected chi connectivity index (χ2v) is 9.76. The van der Waals surface area contributed by atoms with Gasteiger partial charge in [-0.3, -0.25) is 14.4 Å². The van der Waals surface area contributed by atoms with E-state index in [1.165, 1.54) is 28.6 Å². The molecule has 3 aromatic rings. The van der Waals surface area contributed by atoms with Crippen LogP contribution < -0.4 is 9.62 Å². The van der Waals surface area contributed by atoms with E-state index in [4.69, 9.17) is 0 Å². The number of nitrogens with one attached hydrogen (secondary N) is 1. The van der Waals surface area contributed by atoms with Crippen molar-refractivity contribution in [3.05, 3.63) is 65.0 Å². The Labute approximate surface area is 171 Å². The van der Waals surface area contributed by atoms with Gasteiger partial charge in [-0.1, -0.05) is 35.6 Å². The van der Waals surface area contributed by atoms with Crippen molar-refractivity contribution in [1.29, 1.82) is 0 Å². The molecule has 0 saturated heterocycles. The van der Waals surface area contributed by atoms with Gasteiger partial charge in [0.05, 0.1) is 11.3 Å². The summed E-state index contributed by atoms with van der Waals surface area (Å²) in [6.45, 7) is 3.73.